The van der Waals surface area contributed by atoms with Gasteiger partial charge in [-0.3, -0.25) is 4.98 Å². The summed E-state index contributed by atoms with van der Waals surface area (Å²) in [5, 5.41) is 6.26. The first kappa shape index (κ1) is 13.6. The van der Waals surface area contributed by atoms with Crippen molar-refractivity contribution in [3.63, 3.8) is 0 Å². The lowest BCUT2D eigenvalue weighted by atomic mass is 9.94. The van der Waals surface area contributed by atoms with Crippen LogP contribution < -0.4 is 5.32 Å². The SMILES string of the molecule is CCNC(CC1CCCC1)c1nccc2ccccc12. The predicted octanol–water partition coefficient (Wildman–Crippen LogP) is 4.47. The zero-order valence-electron chi connectivity index (χ0n) is 12.3. The molecule has 0 saturated heterocycles. The number of aromatic nitrogens is 1. The van der Waals surface area contributed by atoms with E-state index in [1.54, 1.807) is 0 Å². The van der Waals surface area contributed by atoms with Gasteiger partial charge in [0.05, 0.1) is 11.7 Å². The minimum absolute atomic E-state index is 0.397. The standard InChI is InChI=1S/C18H24N2/c1-2-19-17(13-14-7-3-4-8-14)18-16-10-6-5-9-15(16)11-12-20-18/h5-6,9-12,14,17,19H,2-4,7-8,13H2,1H3. The lowest BCUT2D eigenvalue weighted by Crippen LogP contribution is -2.24. The number of nitrogens with zero attached hydrogens (tertiary/aromatic N) is 1. The van der Waals surface area contributed by atoms with Crippen LogP contribution in [0.2, 0.25) is 0 Å². The summed E-state index contributed by atoms with van der Waals surface area (Å²) in [5.74, 6) is 0.875. The van der Waals surface area contributed by atoms with E-state index in [9.17, 15) is 0 Å². The first-order chi connectivity index (χ1) is 9.88. The molecule has 2 heteroatoms. The molecule has 1 N–H and O–H groups in total. The number of rotatable bonds is 5. The summed E-state index contributed by atoms with van der Waals surface area (Å²) < 4.78 is 0. The molecule has 1 aliphatic carbocycles. The van der Waals surface area contributed by atoms with E-state index in [0.29, 0.717) is 6.04 Å². The molecule has 2 aromatic rings. The predicted molar refractivity (Wildman–Crippen MR) is 84.7 cm³/mol. The van der Waals surface area contributed by atoms with Crippen LogP contribution in [0.5, 0.6) is 0 Å². The number of benzene rings is 1. The van der Waals surface area contributed by atoms with Gasteiger partial charge in [-0.15, -0.1) is 0 Å². The van der Waals surface area contributed by atoms with Gasteiger partial charge in [0.15, 0.2) is 0 Å². The Morgan fingerprint density at radius 3 is 2.80 bits per heavy atom. The Labute approximate surface area is 121 Å². The van der Waals surface area contributed by atoms with Crippen LogP contribution in [0.25, 0.3) is 10.8 Å². The van der Waals surface area contributed by atoms with Crippen molar-refractivity contribution in [2.75, 3.05) is 6.54 Å². The second-order valence-electron chi connectivity index (χ2n) is 5.91. The zero-order valence-corrected chi connectivity index (χ0v) is 12.3. The molecule has 1 fully saturated rings. The van der Waals surface area contributed by atoms with Gasteiger partial charge in [0.2, 0.25) is 0 Å². The summed E-state index contributed by atoms with van der Waals surface area (Å²) in [6, 6.07) is 11.1. The van der Waals surface area contributed by atoms with Crippen molar-refractivity contribution in [2.45, 2.75) is 45.1 Å². The molecule has 2 nitrogen and oxygen atoms in total. The zero-order chi connectivity index (χ0) is 13.8. The highest BCUT2D eigenvalue weighted by Gasteiger charge is 2.22. The van der Waals surface area contributed by atoms with E-state index in [4.69, 9.17) is 4.98 Å². The van der Waals surface area contributed by atoms with E-state index in [1.807, 2.05) is 6.20 Å². The van der Waals surface area contributed by atoms with Crippen molar-refractivity contribution >= 4 is 10.8 Å². The monoisotopic (exact) mass is 268 g/mol. The molecule has 1 aromatic carbocycles. The van der Waals surface area contributed by atoms with E-state index in [-0.39, 0.29) is 0 Å². The lowest BCUT2D eigenvalue weighted by Gasteiger charge is -2.22. The van der Waals surface area contributed by atoms with Gasteiger partial charge < -0.3 is 5.32 Å². The lowest BCUT2D eigenvalue weighted by molar-refractivity contribution is 0.397. The molecular formula is C18H24N2. The molecule has 0 bridgehead atoms. The Balaban J connectivity index is 1.91. The number of hydrogen-bond acceptors (Lipinski definition) is 2. The van der Waals surface area contributed by atoms with Crippen LogP contribution in [0, 0.1) is 5.92 Å². The fourth-order valence-corrected chi connectivity index (χ4v) is 3.54. The van der Waals surface area contributed by atoms with Crippen molar-refractivity contribution in [2.24, 2.45) is 5.92 Å². The molecule has 1 saturated carbocycles. The van der Waals surface area contributed by atoms with Gasteiger partial charge in [-0.1, -0.05) is 56.9 Å². The van der Waals surface area contributed by atoms with Gasteiger partial charge in [-0.25, -0.2) is 0 Å². The van der Waals surface area contributed by atoms with Gasteiger partial charge in [0, 0.05) is 11.6 Å². The van der Waals surface area contributed by atoms with E-state index in [1.165, 1.54) is 48.6 Å². The molecule has 1 unspecified atom stereocenters. The summed E-state index contributed by atoms with van der Waals surface area (Å²) >= 11 is 0. The van der Waals surface area contributed by atoms with Crippen molar-refractivity contribution in [1.29, 1.82) is 0 Å². The third-order valence-electron chi connectivity index (χ3n) is 4.53. The Morgan fingerprint density at radius 1 is 1.20 bits per heavy atom. The molecule has 0 amide bonds. The molecule has 1 heterocycles. The van der Waals surface area contributed by atoms with Crippen LogP contribution in [0.15, 0.2) is 36.5 Å². The number of pyridine rings is 1. The van der Waals surface area contributed by atoms with E-state index < -0.39 is 0 Å². The van der Waals surface area contributed by atoms with Crippen molar-refractivity contribution in [3.8, 4) is 0 Å². The van der Waals surface area contributed by atoms with Crippen LogP contribution in [0.3, 0.4) is 0 Å². The highest BCUT2D eigenvalue weighted by atomic mass is 14.9. The molecule has 106 valence electrons. The van der Waals surface area contributed by atoms with Crippen molar-refractivity contribution in [1.82, 2.24) is 10.3 Å². The fourth-order valence-electron chi connectivity index (χ4n) is 3.54. The third kappa shape index (κ3) is 2.85. The highest BCUT2D eigenvalue weighted by Crippen LogP contribution is 2.34. The Hall–Kier alpha value is -1.41. The average Bonchev–Trinajstić information content (AvgIpc) is 2.99. The highest BCUT2D eigenvalue weighted by molar-refractivity contribution is 5.84. The maximum Gasteiger partial charge on any atom is 0.0651 e. The number of nitrogens with one attached hydrogen (secondary N) is 1. The molecule has 0 radical (unpaired) electrons. The second kappa shape index (κ2) is 6.36. The van der Waals surface area contributed by atoms with Crippen LogP contribution in [-0.2, 0) is 0 Å². The summed E-state index contributed by atoms with van der Waals surface area (Å²) in [6.45, 7) is 3.19. The normalized spacial score (nSPS) is 17.6. The molecule has 1 aromatic heterocycles. The van der Waals surface area contributed by atoms with Gasteiger partial charge in [0.1, 0.15) is 0 Å². The van der Waals surface area contributed by atoms with Crippen LogP contribution in [-0.4, -0.2) is 11.5 Å². The van der Waals surface area contributed by atoms with Gasteiger partial charge >= 0.3 is 0 Å². The molecule has 1 atom stereocenters. The topological polar surface area (TPSA) is 24.9 Å². The third-order valence-corrected chi connectivity index (χ3v) is 4.53. The quantitative estimate of drug-likeness (QED) is 0.865. The Morgan fingerprint density at radius 2 is 2.00 bits per heavy atom. The first-order valence-corrected chi connectivity index (χ1v) is 7.95. The summed E-state index contributed by atoms with van der Waals surface area (Å²) in [6.07, 6.45) is 8.80. The smallest absolute Gasteiger partial charge is 0.0651 e. The van der Waals surface area contributed by atoms with E-state index in [0.717, 1.165) is 12.5 Å². The van der Waals surface area contributed by atoms with Gasteiger partial charge in [0.25, 0.3) is 0 Å². The average molecular weight is 268 g/mol. The van der Waals surface area contributed by atoms with E-state index >= 15 is 0 Å². The minimum atomic E-state index is 0.397. The van der Waals surface area contributed by atoms with Crippen LogP contribution in [0.1, 0.15) is 50.8 Å². The minimum Gasteiger partial charge on any atom is -0.309 e. The van der Waals surface area contributed by atoms with E-state index in [2.05, 4.69) is 42.6 Å². The van der Waals surface area contributed by atoms with Gasteiger partial charge in [-0.2, -0.15) is 0 Å². The molecule has 20 heavy (non-hydrogen) atoms. The molecule has 0 spiro atoms. The molecule has 3 rings (SSSR count). The molecule has 1 aliphatic rings. The number of hydrogen-bond donors (Lipinski definition) is 1. The fraction of sp³-hybridized carbons (Fsp3) is 0.500. The van der Waals surface area contributed by atoms with Gasteiger partial charge in [-0.05, 0) is 30.3 Å². The Bertz CT molecular complexity index is 553. The second-order valence-corrected chi connectivity index (χ2v) is 5.91. The van der Waals surface area contributed by atoms with Crippen molar-refractivity contribution in [3.05, 3.63) is 42.2 Å². The molecule has 0 aliphatic heterocycles. The van der Waals surface area contributed by atoms with Crippen LogP contribution in [0.4, 0.5) is 0 Å². The maximum atomic E-state index is 4.71. The maximum absolute atomic E-state index is 4.71. The largest absolute Gasteiger partial charge is 0.309 e. The Kier molecular flexibility index (Phi) is 4.31. The van der Waals surface area contributed by atoms with Crippen LogP contribution >= 0.6 is 0 Å². The number of fused-ring (bicyclic) bond motifs is 1. The first-order valence-electron chi connectivity index (χ1n) is 7.95. The molecular weight excluding hydrogens is 244 g/mol. The summed E-state index contributed by atoms with van der Waals surface area (Å²) in [4.78, 5) is 4.71. The van der Waals surface area contributed by atoms with Crippen molar-refractivity contribution < 1.29 is 0 Å². The summed E-state index contributed by atoms with van der Waals surface area (Å²) in [5.41, 5.74) is 1.23. The summed E-state index contributed by atoms with van der Waals surface area (Å²) in [7, 11) is 0.